The minimum Gasteiger partial charge on any atom is -0.361 e. The molecule has 0 aromatic carbocycles. The molecule has 0 aromatic heterocycles. The Hall–Kier alpha value is 0.530. The van der Waals surface area contributed by atoms with Crippen molar-refractivity contribution in [3.05, 3.63) is 0 Å². The van der Waals surface area contributed by atoms with Crippen molar-refractivity contribution >= 4 is 18.9 Å². The standard InChI is InChI=1S/C6H14ClFO3P/c1-2-6(7,8)12(3-9,4-10)5-11/h9-11H,2-5H2,1H3/q+1. The van der Waals surface area contributed by atoms with Crippen LogP contribution in [0.5, 0.6) is 0 Å². The Bertz CT molecular complexity index is 132. The summed E-state index contributed by atoms with van der Waals surface area (Å²) in [4.78, 5) is -2.16. The van der Waals surface area contributed by atoms with E-state index in [-0.39, 0.29) is 6.42 Å². The van der Waals surface area contributed by atoms with Crippen molar-refractivity contribution in [1.82, 2.24) is 0 Å². The Labute approximate surface area is 76.5 Å². The topological polar surface area (TPSA) is 60.7 Å². The first-order chi connectivity index (χ1) is 5.49. The monoisotopic (exact) mass is 219 g/mol. The van der Waals surface area contributed by atoms with Gasteiger partial charge < -0.3 is 15.3 Å². The number of aliphatic hydroxyl groups is 3. The van der Waals surface area contributed by atoms with Crippen molar-refractivity contribution in [2.45, 2.75) is 18.2 Å². The lowest BCUT2D eigenvalue weighted by molar-refractivity contribution is 0.279. The second-order valence-corrected chi connectivity index (χ2v) is 7.30. The minimum atomic E-state index is -2.88. The summed E-state index contributed by atoms with van der Waals surface area (Å²) in [5.41, 5.74) is 0. The maximum atomic E-state index is 13.5. The fraction of sp³-hybridized carbons (Fsp3) is 1.00. The summed E-state index contributed by atoms with van der Waals surface area (Å²) < 4.78 is 13.5. The molecule has 0 saturated carbocycles. The molecule has 6 heteroatoms. The molecule has 1 atom stereocenters. The predicted octanol–water partition coefficient (Wildman–Crippen LogP) is 1.13. The largest absolute Gasteiger partial charge is 0.361 e. The smallest absolute Gasteiger partial charge is 0.295 e. The SMILES string of the molecule is CCC(F)(Cl)[P+](CO)(CO)CO. The zero-order valence-electron chi connectivity index (χ0n) is 6.87. The maximum Gasteiger partial charge on any atom is 0.295 e. The third kappa shape index (κ3) is 2.06. The molecule has 1 unspecified atom stereocenters. The Morgan fingerprint density at radius 3 is 1.67 bits per heavy atom. The first-order valence-electron chi connectivity index (χ1n) is 3.56. The molecule has 0 saturated heterocycles. The summed E-state index contributed by atoms with van der Waals surface area (Å²) >= 11 is 5.45. The molecule has 3 N–H and O–H groups in total. The average molecular weight is 220 g/mol. The van der Waals surface area contributed by atoms with Crippen LogP contribution < -0.4 is 0 Å². The zero-order valence-corrected chi connectivity index (χ0v) is 8.52. The van der Waals surface area contributed by atoms with Crippen LogP contribution in [0.25, 0.3) is 0 Å². The summed E-state index contributed by atoms with van der Waals surface area (Å²) in [5, 5.41) is 26.5. The third-order valence-corrected chi connectivity index (χ3v) is 6.60. The fourth-order valence-corrected chi connectivity index (χ4v) is 2.82. The van der Waals surface area contributed by atoms with Crippen LogP contribution >= 0.6 is 18.9 Å². The minimum absolute atomic E-state index is 0.0377. The van der Waals surface area contributed by atoms with Crippen molar-refractivity contribution in [2.24, 2.45) is 0 Å². The molecule has 0 spiro atoms. The molecule has 0 bridgehead atoms. The molecule has 0 aliphatic carbocycles. The molecule has 0 radical (unpaired) electrons. The first-order valence-corrected chi connectivity index (χ1v) is 6.28. The van der Waals surface area contributed by atoms with E-state index in [4.69, 9.17) is 26.9 Å². The molecule has 12 heavy (non-hydrogen) atoms. The zero-order chi connectivity index (χ0) is 9.83. The van der Waals surface area contributed by atoms with Gasteiger partial charge in [-0.15, -0.1) is 0 Å². The van der Waals surface area contributed by atoms with Crippen LogP contribution in [0.1, 0.15) is 13.3 Å². The summed E-state index contributed by atoms with van der Waals surface area (Å²) in [6, 6.07) is 0. The lowest BCUT2D eigenvalue weighted by Gasteiger charge is -2.29. The normalized spacial score (nSPS) is 17.5. The van der Waals surface area contributed by atoms with Crippen LogP contribution in [0.2, 0.25) is 0 Å². The Balaban J connectivity index is 4.69. The van der Waals surface area contributed by atoms with Crippen molar-refractivity contribution in [1.29, 1.82) is 0 Å². The van der Waals surface area contributed by atoms with Crippen LogP contribution in [0.3, 0.4) is 0 Å². The van der Waals surface area contributed by atoms with Gasteiger partial charge >= 0.3 is 0 Å². The molecule has 3 nitrogen and oxygen atoms in total. The van der Waals surface area contributed by atoms with Crippen LogP contribution in [0.15, 0.2) is 0 Å². The second kappa shape index (κ2) is 4.68. The van der Waals surface area contributed by atoms with Gasteiger partial charge in [0.25, 0.3) is 4.87 Å². The van der Waals surface area contributed by atoms with Gasteiger partial charge in [-0.1, -0.05) is 6.92 Å². The average Bonchev–Trinajstić information content (AvgIpc) is 2.08. The molecule has 0 aromatic rings. The van der Waals surface area contributed by atoms with E-state index in [0.717, 1.165) is 0 Å². The van der Waals surface area contributed by atoms with Gasteiger partial charge in [0, 0.05) is 6.42 Å². The maximum absolute atomic E-state index is 13.5. The molecule has 0 heterocycles. The molecule has 0 aliphatic heterocycles. The molecule has 0 fully saturated rings. The lowest BCUT2D eigenvalue weighted by Crippen LogP contribution is -2.26. The van der Waals surface area contributed by atoms with Crippen molar-refractivity contribution in [2.75, 3.05) is 19.0 Å². The number of rotatable bonds is 5. The van der Waals surface area contributed by atoms with Gasteiger partial charge in [0.15, 0.2) is 19.0 Å². The molecular weight excluding hydrogens is 205 g/mol. The Kier molecular flexibility index (Phi) is 4.89. The predicted molar refractivity (Wildman–Crippen MR) is 48.2 cm³/mol. The highest BCUT2D eigenvalue weighted by atomic mass is 35.5. The third-order valence-electron chi connectivity index (χ3n) is 1.93. The Morgan fingerprint density at radius 2 is 1.58 bits per heavy atom. The van der Waals surface area contributed by atoms with Crippen LogP contribution in [0.4, 0.5) is 4.39 Å². The number of hydrogen-bond acceptors (Lipinski definition) is 3. The fourth-order valence-electron chi connectivity index (χ4n) is 0.780. The van der Waals surface area contributed by atoms with E-state index >= 15 is 0 Å². The van der Waals surface area contributed by atoms with E-state index in [0.29, 0.717) is 0 Å². The van der Waals surface area contributed by atoms with Crippen molar-refractivity contribution in [3.63, 3.8) is 0 Å². The van der Waals surface area contributed by atoms with E-state index in [1.807, 2.05) is 0 Å². The lowest BCUT2D eigenvalue weighted by atomic mass is 10.5. The van der Waals surface area contributed by atoms with Crippen LogP contribution in [-0.2, 0) is 0 Å². The number of alkyl halides is 2. The van der Waals surface area contributed by atoms with Gasteiger partial charge in [0.1, 0.15) is 7.26 Å². The molecule has 0 rings (SSSR count). The van der Waals surface area contributed by atoms with Crippen molar-refractivity contribution in [3.8, 4) is 0 Å². The highest BCUT2D eigenvalue weighted by molar-refractivity contribution is 7.78. The van der Waals surface area contributed by atoms with Gasteiger partial charge in [-0.05, 0) is 11.6 Å². The molecular formula is C6H14ClFO3P+. The number of halogens is 2. The quantitative estimate of drug-likeness (QED) is 0.480. The first kappa shape index (κ1) is 12.5. The Morgan fingerprint density at radius 1 is 1.25 bits per heavy atom. The van der Waals surface area contributed by atoms with E-state index in [2.05, 4.69) is 0 Å². The van der Waals surface area contributed by atoms with E-state index in [1.165, 1.54) is 6.92 Å². The number of aliphatic hydroxyl groups excluding tert-OH is 3. The molecule has 0 aliphatic rings. The van der Waals surface area contributed by atoms with Gasteiger partial charge in [-0.25, -0.2) is 0 Å². The summed E-state index contributed by atoms with van der Waals surface area (Å²) in [7, 11) is -2.88. The van der Waals surface area contributed by atoms with Gasteiger partial charge in [-0.2, -0.15) is 4.39 Å². The highest BCUT2D eigenvalue weighted by Crippen LogP contribution is 2.70. The highest BCUT2D eigenvalue weighted by Gasteiger charge is 2.57. The molecule has 0 amide bonds. The van der Waals surface area contributed by atoms with Gasteiger partial charge in [-0.3, -0.25) is 0 Å². The van der Waals surface area contributed by atoms with E-state index in [1.54, 1.807) is 0 Å². The summed E-state index contributed by atoms with van der Waals surface area (Å²) in [6.45, 7) is 1.50. The number of hydrogen-bond donors (Lipinski definition) is 3. The summed E-state index contributed by atoms with van der Waals surface area (Å²) in [6.07, 6.45) is -1.76. The van der Waals surface area contributed by atoms with E-state index in [9.17, 15) is 4.39 Å². The van der Waals surface area contributed by atoms with E-state index < -0.39 is 31.2 Å². The van der Waals surface area contributed by atoms with Crippen LogP contribution in [0, 0.1) is 0 Å². The van der Waals surface area contributed by atoms with Crippen LogP contribution in [-0.4, -0.2) is 39.2 Å². The van der Waals surface area contributed by atoms with Crippen molar-refractivity contribution < 1.29 is 19.7 Å². The second-order valence-electron chi connectivity index (χ2n) is 2.59. The van der Waals surface area contributed by atoms with Gasteiger partial charge in [0.05, 0.1) is 0 Å². The summed E-state index contributed by atoms with van der Waals surface area (Å²) in [5.74, 6) is 0. The van der Waals surface area contributed by atoms with Gasteiger partial charge in [0.2, 0.25) is 0 Å². The molecule has 74 valence electrons.